The Morgan fingerprint density at radius 3 is 2.39 bits per heavy atom. The van der Waals surface area contributed by atoms with Crippen molar-refractivity contribution >= 4 is 29.1 Å². The van der Waals surface area contributed by atoms with Crippen molar-refractivity contribution in [1.82, 2.24) is 19.6 Å². The molecule has 2 heterocycles. The standard InChI is InChI=1S/C28H34N4O6/c1-28(2,3)38-27(35)31-17-16-30(26(34)37-19-20-10-6-5-7-11-20)18-21(31)14-15-32-23-13-9-8-12-22(23)24(29-32)25(33)36-4/h5-13,21H,14-19H2,1-4H3/t21-/m1/s1. The van der Waals surface area contributed by atoms with Crippen molar-refractivity contribution in [2.75, 3.05) is 26.7 Å². The molecular weight excluding hydrogens is 488 g/mol. The molecule has 10 heteroatoms. The Kier molecular flexibility index (Phi) is 8.19. The smallest absolute Gasteiger partial charge is 0.410 e. The van der Waals surface area contributed by atoms with E-state index < -0.39 is 23.8 Å². The van der Waals surface area contributed by atoms with Gasteiger partial charge in [0.15, 0.2) is 5.69 Å². The molecule has 10 nitrogen and oxygen atoms in total. The number of ether oxygens (including phenoxy) is 3. The summed E-state index contributed by atoms with van der Waals surface area (Å²) in [5.74, 6) is -0.514. The van der Waals surface area contributed by atoms with Gasteiger partial charge in [0.05, 0.1) is 18.7 Å². The third kappa shape index (κ3) is 6.42. The summed E-state index contributed by atoms with van der Waals surface area (Å²) in [6.45, 7) is 6.98. The summed E-state index contributed by atoms with van der Waals surface area (Å²) in [5, 5.41) is 5.19. The van der Waals surface area contributed by atoms with Crippen molar-refractivity contribution < 1.29 is 28.6 Å². The molecule has 0 unspecified atom stereocenters. The maximum Gasteiger partial charge on any atom is 0.410 e. The summed E-state index contributed by atoms with van der Waals surface area (Å²) in [5.41, 5.74) is 1.27. The van der Waals surface area contributed by atoms with Gasteiger partial charge in [-0.2, -0.15) is 5.10 Å². The molecule has 0 radical (unpaired) electrons. The lowest BCUT2D eigenvalue weighted by Crippen LogP contribution is -2.57. The van der Waals surface area contributed by atoms with Gasteiger partial charge in [-0.05, 0) is 38.8 Å². The molecule has 38 heavy (non-hydrogen) atoms. The minimum atomic E-state index is -0.652. The average molecular weight is 523 g/mol. The summed E-state index contributed by atoms with van der Waals surface area (Å²) in [6, 6.07) is 16.6. The van der Waals surface area contributed by atoms with Crippen molar-refractivity contribution in [3.8, 4) is 0 Å². The highest BCUT2D eigenvalue weighted by Gasteiger charge is 2.35. The SMILES string of the molecule is COC(=O)c1nn(CC[C@@H]2CN(C(=O)OCc3ccccc3)CCN2C(=O)OC(C)(C)C)c2ccccc12. The number of benzene rings is 2. The van der Waals surface area contributed by atoms with Crippen LogP contribution in [0.5, 0.6) is 0 Å². The molecule has 0 saturated carbocycles. The molecule has 1 fully saturated rings. The molecule has 4 rings (SSSR count). The van der Waals surface area contributed by atoms with Gasteiger partial charge in [0.1, 0.15) is 12.2 Å². The van der Waals surface area contributed by atoms with Crippen LogP contribution in [0.3, 0.4) is 0 Å². The van der Waals surface area contributed by atoms with Crippen LogP contribution in [0.4, 0.5) is 9.59 Å². The van der Waals surface area contributed by atoms with E-state index in [1.807, 2.05) is 75.4 Å². The van der Waals surface area contributed by atoms with Crippen molar-refractivity contribution in [3.05, 3.63) is 65.9 Å². The zero-order valence-corrected chi connectivity index (χ0v) is 22.3. The van der Waals surface area contributed by atoms with Crippen LogP contribution >= 0.6 is 0 Å². The highest BCUT2D eigenvalue weighted by Crippen LogP contribution is 2.23. The zero-order chi connectivity index (χ0) is 27.3. The molecule has 1 aliphatic rings. The molecule has 0 N–H and O–H groups in total. The van der Waals surface area contributed by atoms with Gasteiger partial charge in [0.25, 0.3) is 0 Å². The number of fused-ring (bicyclic) bond motifs is 1. The Hall–Kier alpha value is -4.08. The van der Waals surface area contributed by atoms with Crippen LogP contribution < -0.4 is 0 Å². The van der Waals surface area contributed by atoms with Crippen LogP contribution in [-0.4, -0.2) is 76.1 Å². The molecule has 0 bridgehead atoms. The molecule has 1 atom stereocenters. The summed E-state index contributed by atoms with van der Waals surface area (Å²) in [6.07, 6.45) is -0.380. The lowest BCUT2D eigenvalue weighted by Gasteiger charge is -2.41. The number of piperazine rings is 1. The number of carbonyl (C=O) groups excluding carboxylic acids is 3. The molecule has 202 valence electrons. The number of esters is 1. The minimum Gasteiger partial charge on any atom is -0.464 e. The number of para-hydroxylation sites is 1. The van der Waals surface area contributed by atoms with Gasteiger partial charge >= 0.3 is 18.2 Å². The van der Waals surface area contributed by atoms with E-state index in [1.165, 1.54) is 7.11 Å². The van der Waals surface area contributed by atoms with E-state index in [4.69, 9.17) is 14.2 Å². The van der Waals surface area contributed by atoms with Gasteiger partial charge < -0.3 is 24.0 Å². The fraction of sp³-hybridized carbons (Fsp3) is 0.429. The van der Waals surface area contributed by atoms with Gasteiger partial charge in [-0.25, -0.2) is 14.4 Å². The molecule has 2 amide bonds. The first kappa shape index (κ1) is 27.0. The number of methoxy groups -OCH3 is 1. The van der Waals surface area contributed by atoms with Gasteiger partial charge in [-0.1, -0.05) is 48.5 Å². The number of hydrogen-bond donors (Lipinski definition) is 0. The fourth-order valence-corrected chi connectivity index (χ4v) is 4.46. The third-order valence-corrected chi connectivity index (χ3v) is 6.28. The van der Waals surface area contributed by atoms with E-state index in [9.17, 15) is 14.4 Å². The predicted molar refractivity (Wildman–Crippen MR) is 141 cm³/mol. The van der Waals surface area contributed by atoms with Gasteiger partial charge in [-0.3, -0.25) is 4.68 Å². The lowest BCUT2D eigenvalue weighted by molar-refractivity contribution is -0.00509. The van der Waals surface area contributed by atoms with Crippen molar-refractivity contribution in [2.45, 2.75) is 52.0 Å². The topological polar surface area (TPSA) is 103 Å². The summed E-state index contributed by atoms with van der Waals surface area (Å²) in [4.78, 5) is 41.5. The van der Waals surface area contributed by atoms with E-state index in [2.05, 4.69) is 5.10 Å². The zero-order valence-electron chi connectivity index (χ0n) is 22.3. The Morgan fingerprint density at radius 2 is 1.68 bits per heavy atom. The second-order valence-corrected chi connectivity index (χ2v) is 10.2. The molecule has 1 aliphatic heterocycles. The third-order valence-electron chi connectivity index (χ3n) is 6.28. The Bertz CT molecular complexity index is 1280. The normalized spacial score (nSPS) is 15.8. The largest absolute Gasteiger partial charge is 0.464 e. The summed E-state index contributed by atoms with van der Waals surface area (Å²) in [7, 11) is 1.32. The van der Waals surface area contributed by atoms with Crippen LogP contribution in [0.15, 0.2) is 54.6 Å². The van der Waals surface area contributed by atoms with Crippen LogP contribution in [-0.2, 0) is 27.4 Å². The van der Waals surface area contributed by atoms with Crippen LogP contribution in [0, 0.1) is 0 Å². The maximum absolute atomic E-state index is 13.1. The molecule has 3 aromatic rings. The van der Waals surface area contributed by atoms with Gasteiger partial charge in [-0.15, -0.1) is 0 Å². The first-order valence-corrected chi connectivity index (χ1v) is 12.7. The number of hydrogen-bond acceptors (Lipinski definition) is 7. The molecular formula is C28H34N4O6. The minimum absolute atomic E-state index is 0.173. The van der Waals surface area contributed by atoms with Crippen molar-refractivity contribution in [2.24, 2.45) is 0 Å². The van der Waals surface area contributed by atoms with Gasteiger partial charge in [0.2, 0.25) is 0 Å². The van der Waals surface area contributed by atoms with E-state index in [0.29, 0.717) is 31.4 Å². The van der Waals surface area contributed by atoms with E-state index in [1.54, 1.807) is 14.5 Å². The van der Waals surface area contributed by atoms with E-state index in [0.717, 1.165) is 11.1 Å². The predicted octanol–water partition coefficient (Wildman–Crippen LogP) is 4.47. The summed E-state index contributed by atoms with van der Waals surface area (Å²) >= 11 is 0. The van der Waals surface area contributed by atoms with Crippen molar-refractivity contribution in [3.63, 3.8) is 0 Å². The number of amides is 2. The first-order valence-electron chi connectivity index (χ1n) is 12.7. The molecule has 0 aliphatic carbocycles. The quantitative estimate of drug-likeness (QED) is 0.348. The number of aryl methyl sites for hydroxylation is 1. The Morgan fingerprint density at radius 1 is 0.974 bits per heavy atom. The molecule has 1 saturated heterocycles. The second-order valence-electron chi connectivity index (χ2n) is 10.2. The molecule has 1 aromatic heterocycles. The number of aromatic nitrogens is 2. The van der Waals surface area contributed by atoms with Crippen molar-refractivity contribution in [1.29, 1.82) is 0 Å². The highest BCUT2D eigenvalue weighted by molar-refractivity contribution is 6.02. The maximum atomic E-state index is 13.1. The number of rotatable bonds is 6. The van der Waals surface area contributed by atoms with E-state index >= 15 is 0 Å². The number of carbonyl (C=O) groups is 3. The monoisotopic (exact) mass is 522 g/mol. The average Bonchev–Trinajstić information content (AvgIpc) is 3.28. The Balaban J connectivity index is 1.50. The molecule has 2 aromatic carbocycles. The summed E-state index contributed by atoms with van der Waals surface area (Å²) < 4.78 is 17.8. The first-order chi connectivity index (χ1) is 18.2. The second kappa shape index (κ2) is 11.5. The lowest BCUT2D eigenvalue weighted by atomic mass is 10.1. The molecule has 0 spiro atoms. The van der Waals surface area contributed by atoms with Crippen LogP contribution in [0.25, 0.3) is 10.9 Å². The fourth-order valence-electron chi connectivity index (χ4n) is 4.46. The Labute approximate surface area is 222 Å². The van der Waals surface area contributed by atoms with Gasteiger partial charge in [0, 0.05) is 31.6 Å². The van der Waals surface area contributed by atoms with E-state index in [-0.39, 0.29) is 24.9 Å². The van der Waals surface area contributed by atoms with Crippen LogP contribution in [0.2, 0.25) is 0 Å². The highest BCUT2D eigenvalue weighted by atomic mass is 16.6. The van der Waals surface area contributed by atoms with Crippen LogP contribution in [0.1, 0.15) is 43.2 Å². The number of nitrogens with zero attached hydrogens (tertiary/aromatic N) is 4.